The summed E-state index contributed by atoms with van der Waals surface area (Å²) in [5, 5.41) is 7.16. The number of ether oxygens (including phenoxy) is 1. The summed E-state index contributed by atoms with van der Waals surface area (Å²) in [7, 11) is 0. The average Bonchev–Trinajstić information content (AvgIpc) is 3.03. The summed E-state index contributed by atoms with van der Waals surface area (Å²) in [6, 6.07) is 2.10. The maximum absolute atomic E-state index is 11.9. The van der Waals surface area contributed by atoms with Crippen molar-refractivity contribution in [2.45, 2.75) is 45.4 Å². The van der Waals surface area contributed by atoms with Crippen LogP contribution in [0.1, 0.15) is 51.0 Å². The van der Waals surface area contributed by atoms with Crippen LogP contribution in [0.15, 0.2) is 18.5 Å². The highest BCUT2D eigenvalue weighted by molar-refractivity contribution is 5.77. The maximum Gasteiger partial charge on any atom is 0.308 e. The minimum Gasteiger partial charge on any atom is -0.466 e. The van der Waals surface area contributed by atoms with Crippen LogP contribution in [0.2, 0.25) is 0 Å². The van der Waals surface area contributed by atoms with E-state index in [1.165, 1.54) is 5.56 Å². The second-order valence-electron chi connectivity index (χ2n) is 6.18. The Balaban J connectivity index is 1.67. The molecule has 1 atom stereocenters. The standard InChI is InChI=1S/C17H23N3O2/c1-3-22-17(21)11(2)12-4-6-13(7-5-12)14-8-9-18-15-10-19-20-16(14)15/h8-13H,3-7H2,1-2H3,(H,19,20). The molecule has 0 spiro atoms. The van der Waals surface area contributed by atoms with Gasteiger partial charge in [-0.1, -0.05) is 6.92 Å². The Morgan fingerprint density at radius 3 is 2.91 bits per heavy atom. The normalized spacial score (nSPS) is 23.4. The predicted molar refractivity (Wildman–Crippen MR) is 84.4 cm³/mol. The van der Waals surface area contributed by atoms with Crippen molar-refractivity contribution >= 4 is 17.0 Å². The molecule has 1 N–H and O–H groups in total. The first kappa shape index (κ1) is 15.0. The van der Waals surface area contributed by atoms with E-state index < -0.39 is 0 Å². The van der Waals surface area contributed by atoms with Gasteiger partial charge in [0, 0.05) is 6.20 Å². The second-order valence-corrected chi connectivity index (χ2v) is 6.18. The highest BCUT2D eigenvalue weighted by Crippen LogP contribution is 2.40. The Hall–Kier alpha value is -1.91. The third kappa shape index (κ3) is 2.85. The van der Waals surface area contributed by atoms with Crippen molar-refractivity contribution in [2.24, 2.45) is 11.8 Å². The van der Waals surface area contributed by atoms with Crippen LogP contribution in [-0.4, -0.2) is 27.8 Å². The van der Waals surface area contributed by atoms with Crippen molar-refractivity contribution in [3.63, 3.8) is 0 Å². The molecular weight excluding hydrogens is 278 g/mol. The van der Waals surface area contributed by atoms with E-state index in [0.29, 0.717) is 18.4 Å². The minimum atomic E-state index is -0.0502. The summed E-state index contributed by atoms with van der Waals surface area (Å²) in [5.41, 5.74) is 3.30. The quantitative estimate of drug-likeness (QED) is 0.878. The molecule has 0 amide bonds. The molecule has 3 rings (SSSR count). The van der Waals surface area contributed by atoms with Crippen molar-refractivity contribution in [1.29, 1.82) is 0 Å². The number of rotatable bonds is 4. The molecule has 5 nitrogen and oxygen atoms in total. The van der Waals surface area contributed by atoms with E-state index in [1.807, 2.05) is 20.0 Å². The average molecular weight is 301 g/mol. The summed E-state index contributed by atoms with van der Waals surface area (Å²) in [5.74, 6) is 0.919. The number of fused-ring (bicyclic) bond motifs is 1. The Kier molecular flexibility index (Phi) is 4.41. The highest BCUT2D eigenvalue weighted by Gasteiger charge is 2.31. The topological polar surface area (TPSA) is 67.9 Å². The van der Waals surface area contributed by atoms with Gasteiger partial charge in [0.25, 0.3) is 0 Å². The number of esters is 1. The third-order valence-electron chi connectivity index (χ3n) is 4.95. The smallest absolute Gasteiger partial charge is 0.308 e. The van der Waals surface area contributed by atoms with E-state index >= 15 is 0 Å². The van der Waals surface area contributed by atoms with Crippen molar-refractivity contribution in [1.82, 2.24) is 15.2 Å². The fraction of sp³-hybridized carbons (Fsp3) is 0.588. The van der Waals surface area contributed by atoms with Gasteiger partial charge in [0.1, 0.15) is 5.52 Å². The summed E-state index contributed by atoms with van der Waals surface area (Å²) in [6.07, 6.45) is 7.98. The first-order chi connectivity index (χ1) is 10.7. The van der Waals surface area contributed by atoms with Crippen LogP contribution < -0.4 is 0 Å². The van der Waals surface area contributed by atoms with Gasteiger partial charge in [-0.25, -0.2) is 0 Å². The predicted octanol–water partition coefficient (Wildman–Crippen LogP) is 3.43. The van der Waals surface area contributed by atoms with Crippen molar-refractivity contribution in [3.8, 4) is 0 Å². The lowest BCUT2D eigenvalue weighted by molar-refractivity contribution is -0.149. The number of hydrogen-bond donors (Lipinski definition) is 1. The summed E-state index contributed by atoms with van der Waals surface area (Å²) < 4.78 is 5.16. The van der Waals surface area contributed by atoms with Gasteiger partial charge in [0.15, 0.2) is 0 Å². The number of hydrogen-bond acceptors (Lipinski definition) is 4. The van der Waals surface area contributed by atoms with Gasteiger partial charge >= 0.3 is 5.97 Å². The van der Waals surface area contributed by atoms with E-state index in [4.69, 9.17) is 4.74 Å². The number of aromatic amines is 1. The highest BCUT2D eigenvalue weighted by atomic mass is 16.5. The molecule has 2 aromatic heterocycles. The number of aromatic nitrogens is 3. The van der Waals surface area contributed by atoms with E-state index in [0.717, 1.165) is 36.7 Å². The van der Waals surface area contributed by atoms with Gasteiger partial charge in [-0.15, -0.1) is 0 Å². The van der Waals surface area contributed by atoms with Crippen molar-refractivity contribution in [2.75, 3.05) is 6.61 Å². The van der Waals surface area contributed by atoms with Gasteiger partial charge in [0.05, 0.1) is 24.2 Å². The first-order valence-electron chi connectivity index (χ1n) is 8.15. The molecule has 0 aliphatic heterocycles. The minimum absolute atomic E-state index is 0.00510. The molecule has 118 valence electrons. The fourth-order valence-corrected chi connectivity index (χ4v) is 3.61. The molecule has 5 heteroatoms. The molecule has 2 aromatic rings. The van der Waals surface area contributed by atoms with Crippen LogP contribution in [0.5, 0.6) is 0 Å². The maximum atomic E-state index is 11.9. The number of carbonyl (C=O) groups is 1. The Labute approximate surface area is 130 Å². The largest absolute Gasteiger partial charge is 0.466 e. The Bertz CT molecular complexity index is 644. The lowest BCUT2D eigenvalue weighted by atomic mass is 9.74. The molecule has 22 heavy (non-hydrogen) atoms. The number of carbonyl (C=O) groups excluding carboxylic acids is 1. The van der Waals surface area contributed by atoms with Crippen molar-refractivity contribution < 1.29 is 9.53 Å². The monoisotopic (exact) mass is 301 g/mol. The van der Waals surface area contributed by atoms with E-state index in [1.54, 1.807) is 6.20 Å². The molecule has 0 bridgehead atoms. The molecule has 1 fully saturated rings. The lowest BCUT2D eigenvalue weighted by Crippen LogP contribution is -2.26. The zero-order valence-corrected chi connectivity index (χ0v) is 13.2. The van der Waals surface area contributed by atoms with Crippen LogP contribution >= 0.6 is 0 Å². The van der Waals surface area contributed by atoms with Gasteiger partial charge in [-0.05, 0) is 56.1 Å². The van der Waals surface area contributed by atoms with Crippen LogP contribution in [0.3, 0.4) is 0 Å². The lowest BCUT2D eigenvalue weighted by Gasteiger charge is -2.31. The number of pyridine rings is 1. The number of nitrogens with zero attached hydrogens (tertiary/aromatic N) is 2. The van der Waals surface area contributed by atoms with Crippen LogP contribution in [0.25, 0.3) is 11.0 Å². The van der Waals surface area contributed by atoms with E-state index in [-0.39, 0.29) is 11.9 Å². The molecule has 1 aliphatic carbocycles. The molecule has 0 radical (unpaired) electrons. The van der Waals surface area contributed by atoms with E-state index in [2.05, 4.69) is 21.2 Å². The molecular formula is C17H23N3O2. The SMILES string of the molecule is CCOC(=O)C(C)C1CCC(c2ccnc3cn[nH]c23)CC1. The van der Waals surface area contributed by atoms with Crippen LogP contribution in [-0.2, 0) is 9.53 Å². The number of nitrogens with one attached hydrogen (secondary N) is 1. The Morgan fingerprint density at radius 1 is 1.41 bits per heavy atom. The van der Waals surface area contributed by atoms with Crippen LogP contribution in [0.4, 0.5) is 0 Å². The zero-order valence-electron chi connectivity index (χ0n) is 13.2. The van der Waals surface area contributed by atoms with Gasteiger partial charge in [-0.2, -0.15) is 5.10 Å². The van der Waals surface area contributed by atoms with E-state index in [9.17, 15) is 4.79 Å². The first-order valence-corrected chi connectivity index (χ1v) is 8.15. The van der Waals surface area contributed by atoms with Crippen molar-refractivity contribution in [3.05, 3.63) is 24.0 Å². The van der Waals surface area contributed by atoms with Crippen LogP contribution in [0, 0.1) is 11.8 Å². The van der Waals surface area contributed by atoms with Gasteiger partial charge in [-0.3, -0.25) is 14.9 Å². The molecule has 2 heterocycles. The molecule has 0 aromatic carbocycles. The Morgan fingerprint density at radius 2 is 2.18 bits per heavy atom. The number of H-pyrrole nitrogens is 1. The van der Waals surface area contributed by atoms with Gasteiger partial charge < -0.3 is 4.74 Å². The van der Waals surface area contributed by atoms with Gasteiger partial charge in [0.2, 0.25) is 0 Å². The molecule has 1 aliphatic rings. The summed E-state index contributed by atoms with van der Waals surface area (Å²) in [6.45, 7) is 4.33. The summed E-state index contributed by atoms with van der Waals surface area (Å²) >= 11 is 0. The molecule has 0 saturated heterocycles. The zero-order chi connectivity index (χ0) is 15.5. The molecule has 1 unspecified atom stereocenters. The second kappa shape index (κ2) is 6.46. The summed E-state index contributed by atoms with van der Waals surface area (Å²) in [4.78, 5) is 16.2. The molecule has 1 saturated carbocycles. The fourth-order valence-electron chi connectivity index (χ4n) is 3.61. The third-order valence-corrected chi connectivity index (χ3v) is 4.95.